The predicted octanol–water partition coefficient (Wildman–Crippen LogP) is 4.61. The molecule has 2 rings (SSSR count). The summed E-state index contributed by atoms with van der Waals surface area (Å²) in [4.78, 5) is 28.0. The van der Waals surface area contributed by atoms with Gasteiger partial charge in [-0.15, -0.1) is 0 Å². The third kappa shape index (κ3) is 7.06. The molecule has 0 aliphatic rings. The molecule has 30 heavy (non-hydrogen) atoms. The van der Waals surface area contributed by atoms with Crippen LogP contribution in [0.15, 0.2) is 48.5 Å². The van der Waals surface area contributed by atoms with Crippen molar-refractivity contribution in [1.82, 2.24) is 10.2 Å². The molecule has 162 valence electrons. The van der Waals surface area contributed by atoms with Crippen LogP contribution in [0.25, 0.3) is 0 Å². The summed E-state index contributed by atoms with van der Waals surface area (Å²) in [7, 11) is 1.60. The smallest absolute Gasteiger partial charge is 0.243 e. The summed E-state index contributed by atoms with van der Waals surface area (Å²) in [5, 5.41) is 3.59. The summed E-state index contributed by atoms with van der Waals surface area (Å²) in [6.45, 7) is 8.01. The van der Waals surface area contributed by atoms with E-state index < -0.39 is 6.04 Å². The lowest BCUT2D eigenvalue weighted by Crippen LogP contribution is -2.53. The number of amides is 2. The number of hydrogen-bond acceptors (Lipinski definition) is 3. The van der Waals surface area contributed by atoms with E-state index in [1.54, 1.807) is 24.1 Å². The molecule has 0 aromatic heterocycles. The maximum atomic E-state index is 13.3. The molecule has 6 heteroatoms. The Bertz CT molecular complexity index is 877. The van der Waals surface area contributed by atoms with Crippen LogP contribution in [0.2, 0.25) is 5.02 Å². The molecule has 0 aliphatic carbocycles. The number of nitrogens with one attached hydrogen (secondary N) is 1. The zero-order chi connectivity index (χ0) is 22.3. The molecule has 0 saturated carbocycles. The van der Waals surface area contributed by atoms with Gasteiger partial charge in [-0.25, -0.2) is 0 Å². The Hall–Kier alpha value is -2.53. The van der Waals surface area contributed by atoms with Gasteiger partial charge in [0.05, 0.1) is 13.5 Å². The normalized spacial score (nSPS) is 12.2. The van der Waals surface area contributed by atoms with E-state index in [-0.39, 0.29) is 23.8 Å². The standard InChI is InChI=1S/C24H31ClN2O3/c1-6-21(23(29)26-24(2,3)4)27(16-18-10-8-12-20(14-18)30-5)22(28)15-17-9-7-11-19(25)13-17/h7-14,21H,6,15-16H2,1-5H3,(H,26,29). The molecule has 2 aromatic carbocycles. The van der Waals surface area contributed by atoms with Crippen LogP contribution in [-0.4, -0.2) is 35.4 Å². The van der Waals surface area contributed by atoms with Crippen molar-refractivity contribution in [3.05, 3.63) is 64.7 Å². The van der Waals surface area contributed by atoms with Crippen molar-refractivity contribution in [3.63, 3.8) is 0 Å². The van der Waals surface area contributed by atoms with Crippen LogP contribution in [0.1, 0.15) is 45.2 Å². The Kier molecular flexibility index (Phi) is 8.30. The van der Waals surface area contributed by atoms with Crippen molar-refractivity contribution in [1.29, 1.82) is 0 Å². The fraction of sp³-hybridized carbons (Fsp3) is 0.417. The minimum Gasteiger partial charge on any atom is -0.497 e. The van der Waals surface area contributed by atoms with Crippen molar-refractivity contribution in [2.45, 2.75) is 58.7 Å². The molecule has 5 nitrogen and oxygen atoms in total. The molecule has 0 bridgehead atoms. The predicted molar refractivity (Wildman–Crippen MR) is 121 cm³/mol. The van der Waals surface area contributed by atoms with Gasteiger partial charge in [0.25, 0.3) is 0 Å². The minimum absolute atomic E-state index is 0.129. The highest BCUT2D eigenvalue weighted by atomic mass is 35.5. The van der Waals surface area contributed by atoms with E-state index in [0.717, 1.165) is 11.1 Å². The second-order valence-corrected chi connectivity index (χ2v) is 8.78. The summed E-state index contributed by atoms with van der Waals surface area (Å²) in [6.07, 6.45) is 0.678. The molecule has 0 fully saturated rings. The zero-order valence-corrected chi connectivity index (χ0v) is 19.1. The Labute approximate surface area is 184 Å². The SMILES string of the molecule is CCC(C(=O)NC(C)(C)C)N(Cc1cccc(OC)c1)C(=O)Cc1cccc(Cl)c1. The molecule has 1 atom stereocenters. The molecule has 0 aliphatic heterocycles. The average Bonchev–Trinajstić information content (AvgIpc) is 2.66. The largest absolute Gasteiger partial charge is 0.497 e. The first-order valence-corrected chi connectivity index (χ1v) is 10.5. The fourth-order valence-electron chi connectivity index (χ4n) is 3.26. The van der Waals surface area contributed by atoms with E-state index in [2.05, 4.69) is 5.32 Å². The first-order valence-electron chi connectivity index (χ1n) is 10.1. The number of hydrogen-bond donors (Lipinski definition) is 1. The van der Waals surface area contributed by atoms with E-state index in [1.807, 2.05) is 64.1 Å². The number of carbonyl (C=O) groups excluding carboxylic acids is 2. The Morgan fingerprint density at radius 3 is 2.37 bits per heavy atom. The van der Waals surface area contributed by atoms with E-state index in [9.17, 15) is 9.59 Å². The van der Waals surface area contributed by atoms with Crippen molar-refractivity contribution in [2.75, 3.05) is 7.11 Å². The highest BCUT2D eigenvalue weighted by molar-refractivity contribution is 6.30. The number of benzene rings is 2. The third-order valence-electron chi connectivity index (χ3n) is 4.62. The zero-order valence-electron chi connectivity index (χ0n) is 18.4. The van der Waals surface area contributed by atoms with Gasteiger partial charge < -0.3 is 15.0 Å². The maximum absolute atomic E-state index is 13.3. The van der Waals surface area contributed by atoms with Crippen molar-refractivity contribution >= 4 is 23.4 Å². The lowest BCUT2D eigenvalue weighted by Gasteiger charge is -2.33. The Balaban J connectivity index is 2.33. The van der Waals surface area contributed by atoms with Crippen LogP contribution in [0.3, 0.4) is 0 Å². The van der Waals surface area contributed by atoms with Gasteiger partial charge >= 0.3 is 0 Å². The monoisotopic (exact) mass is 430 g/mol. The summed E-state index contributed by atoms with van der Waals surface area (Å²) < 4.78 is 5.31. The van der Waals surface area contributed by atoms with Crippen LogP contribution in [0, 0.1) is 0 Å². The Morgan fingerprint density at radius 2 is 1.77 bits per heavy atom. The summed E-state index contributed by atoms with van der Waals surface area (Å²) in [5.74, 6) is 0.422. The lowest BCUT2D eigenvalue weighted by molar-refractivity contribution is -0.141. The molecule has 0 radical (unpaired) electrons. The summed E-state index contributed by atoms with van der Waals surface area (Å²) in [6, 6.07) is 14.2. The number of carbonyl (C=O) groups is 2. The number of methoxy groups -OCH3 is 1. The van der Waals surface area contributed by atoms with E-state index in [4.69, 9.17) is 16.3 Å². The molecule has 0 saturated heterocycles. The average molecular weight is 431 g/mol. The molecule has 2 aromatic rings. The quantitative estimate of drug-likeness (QED) is 0.665. The maximum Gasteiger partial charge on any atom is 0.243 e. The highest BCUT2D eigenvalue weighted by Crippen LogP contribution is 2.19. The van der Waals surface area contributed by atoms with Gasteiger partial charge in [-0.2, -0.15) is 0 Å². The molecular formula is C24H31ClN2O3. The van der Waals surface area contributed by atoms with Gasteiger partial charge in [0.1, 0.15) is 11.8 Å². The molecule has 0 heterocycles. The van der Waals surface area contributed by atoms with Gasteiger partial charge in [0.15, 0.2) is 0 Å². The van der Waals surface area contributed by atoms with Crippen molar-refractivity contribution in [3.8, 4) is 5.75 Å². The van der Waals surface area contributed by atoms with E-state index in [1.165, 1.54) is 0 Å². The minimum atomic E-state index is -0.581. The van der Waals surface area contributed by atoms with Crippen LogP contribution >= 0.6 is 11.6 Å². The van der Waals surface area contributed by atoms with Crippen LogP contribution in [0.5, 0.6) is 5.75 Å². The molecule has 1 N–H and O–H groups in total. The van der Waals surface area contributed by atoms with Gasteiger partial charge in [0.2, 0.25) is 11.8 Å². The fourth-order valence-corrected chi connectivity index (χ4v) is 3.48. The van der Waals surface area contributed by atoms with Gasteiger partial charge in [-0.05, 0) is 62.6 Å². The van der Waals surface area contributed by atoms with Crippen molar-refractivity contribution in [2.24, 2.45) is 0 Å². The van der Waals surface area contributed by atoms with Crippen LogP contribution in [-0.2, 0) is 22.6 Å². The summed E-state index contributed by atoms with van der Waals surface area (Å²) >= 11 is 6.08. The first kappa shape index (κ1) is 23.7. The molecular weight excluding hydrogens is 400 g/mol. The number of rotatable bonds is 8. The van der Waals surface area contributed by atoms with E-state index in [0.29, 0.717) is 23.7 Å². The van der Waals surface area contributed by atoms with Gasteiger partial charge in [0, 0.05) is 17.1 Å². The molecule has 0 spiro atoms. The molecule has 1 unspecified atom stereocenters. The molecule has 2 amide bonds. The van der Waals surface area contributed by atoms with E-state index >= 15 is 0 Å². The van der Waals surface area contributed by atoms with Gasteiger partial charge in [-0.3, -0.25) is 9.59 Å². The topological polar surface area (TPSA) is 58.6 Å². The first-order chi connectivity index (χ1) is 14.1. The Morgan fingerprint density at radius 1 is 1.10 bits per heavy atom. The second kappa shape index (κ2) is 10.5. The second-order valence-electron chi connectivity index (χ2n) is 8.34. The number of nitrogens with zero attached hydrogens (tertiary/aromatic N) is 1. The third-order valence-corrected chi connectivity index (χ3v) is 4.85. The number of halogens is 1. The lowest BCUT2D eigenvalue weighted by atomic mass is 10.0. The summed E-state index contributed by atoms with van der Waals surface area (Å²) in [5.41, 5.74) is 1.33. The van der Waals surface area contributed by atoms with Crippen LogP contribution < -0.4 is 10.1 Å². The number of ether oxygens (including phenoxy) is 1. The van der Waals surface area contributed by atoms with Crippen LogP contribution in [0.4, 0.5) is 0 Å². The van der Waals surface area contributed by atoms with Gasteiger partial charge in [-0.1, -0.05) is 42.8 Å². The van der Waals surface area contributed by atoms with Crippen molar-refractivity contribution < 1.29 is 14.3 Å². The highest BCUT2D eigenvalue weighted by Gasteiger charge is 2.30.